The van der Waals surface area contributed by atoms with Crippen molar-refractivity contribution in [3.05, 3.63) is 23.8 Å². The number of rotatable bonds is 6. The van der Waals surface area contributed by atoms with Crippen LogP contribution in [-0.4, -0.2) is 43.9 Å². The highest BCUT2D eigenvalue weighted by molar-refractivity contribution is 7.98. The molecule has 1 aliphatic heterocycles. The monoisotopic (exact) mass is 402 g/mol. The van der Waals surface area contributed by atoms with E-state index in [1.807, 2.05) is 11.8 Å². The molecule has 2 nitrogen and oxygen atoms in total. The van der Waals surface area contributed by atoms with Gasteiger partial charge in [0.25, 0.3) is 0 Å². The number of thioether (sulfide) groups is 1. The van der Waals surface area contributed by atoms with Crippen molar-refractivity contribution >= 4 is 17.4 Å². The molecule has 1 heterocycles. The first kappa shape index (κ1) is 22.0. The zero-order valence-electron chi connectivity index (χ0n) is 19.0. The summed E-state index contributed by atoms with van der Waals surface area (Å²) in [5.41, 5.74) is 3.64. The van der Waals surface area contributed by atoms with E-state index < -0.39 is 0 Å². The van der Waals surface area contributed by atoms with E-state index in [0.717, 1.165) is 11.8 Å². The summed E-state index contributed by atoms with van der Waals surface area (Å²) in [5.74, 6) is 1.64. The highest BCUT2D eigenvalue weighted by Gasteiger charge is 2.32. The molecule has 28 heavy (non-hydrogen) atoms. The number of piperazine rings is 1. The molecule has 158 valence electrons. The molecular formula is C25H42N2S. The van der Waals surface area contributed by atoms with Crippen LogP contribution in [0, 0.1) is 11.3 Å². The minimum absolute atomic E-state index is 0.462. The molecule has 1 saturated heterocycles. The largest absolute Gasteiger partial charge is 0.369 e. The van der Waals surface area contributed by atoms with Crippen LogP contribution in [0.2, 0.25) is 0 Å². The zero-order valence-corrected chi connectivity index (χ0v) is 19.8. The maximum atomic E-state index is 2.68. The highest BCUT2D eigenvalue weighted by atomic mass is 32.2. The lowest BCUT2D eigenvalue weighted by atomic mass is 9.68. The Morgan fingerprint density at radius 1 is 1.00 bits per heavy atom. The molecule has 1 aliphatic carbocycles. The molecule has 3 heteroatoms. The van der Waals surface area contributed by atoms with E-state index >= 15 is 0 Å². The van der Waals surface area contributed by atoms with E-state index in [0.29, 0.717) is 5.41 Å². The summed E-state index contributed by atoms with van der Waals surface area (Å²) in [6.45, 7) is 15.7. The Labute approximate surface area is 178 Å². The van der Waals surface area contributed by atoms with Crippen LogP contribution in [0.5, 0.6) is 0 Å². The molecule has 0 radical (unpaired) electrons. The molecule has 1 aromatic carbocycles. The number of hydrogen-bond acceptors (Lipinski definition) is 3. The summed E-state index contributed by atoms with van der Waals surface area (Å²) in [7, 11) is 0. The maximum absolute atomic E-state index is 2.68. The van der Waals surface area contributed by atoms with Gasteiger partial charge >= 0.3 is 0 Å². The van der Waals surface area contributed by atoms with E-state index in [-0.39, 0.29) is 0 Å². The van der Waals surface area contributed by atoms with E-state index in [1.54, 1.807) is 5.56 Å². The van der Waals surface area contributed by atoms with Gasteiger partial charge in [0.05, 0.1) is 0 Å². The van der Waals surface area contributed by atoms with Crippen molar-refractivity contribution in [2.75, 3.05) is 43.9 Å². The molecule has 2 aliphatic rings. The fourth-order valence-electron chi connectivity index (χ4n) is 5.14. The van der Waals surface area contributed by atoms with E-state index in [2.05, 4.69) is 61.9 Å². The number of anilines is 1. The number of hydrogen-bond donors (Lipinski definition) is 0. The molecule has 0 amide bonds. The molecule has 0 unspecified atom stereocenters. The lowest BCUT2D eigenvalue weighted by molar-refractivity contribution is 0.169. The third-order valence-corrected chi connectivity index (χ3v) is 7.89. The summed E-state index contributed by atoms with van der Waals surface area (Å²) in [6.07, 6.45) is 10.4. The molecular weight excluding hydrogens is 360 g/mol. The van der Waals surface area contributed by atoms with Crippen molar-refractivity contribution in [1.29, 1.82) is 0 Å². The first-order valence-corrected chi connectivity index (χ1v) is 12.8. The first-order valence-electron chi connectivity index (χ1n) is 11.6. The molecule has 1 aromatic rings. The van der Waals surface area contributed by atoms with Gasteiger partial charge < -0.3 is 4.90 Å². The van der Waals surface area contributed by atoms with Crippen molar-refractivity contribution in [3.8, 4) is 0 Å². The van der Waals surface area contributed by atoms with Gasteiger partial charge in [-0.2, -0.15) is 0 Å². The molecule has 0 atom stereocenters. The molecule has 0 bridgehead atoms. The van der Waals surface area contributed by atoms with Gasteiger partial charge in [0.1, 0.15) is 0 Å². The molecule has 0 N–H and O–H groups in total. The van der Waals surface area contributed by atoms with Gasteiger partial charge in [-0.25, -0.2) is 0 Å². The topological polar surface area (TPSA) is 6.48 Å². The predicted molar refractivity (Wildman–Crippen MR) is 126 cm³/mol. The first-order chi connectivity index (χ1) is 13.4. The van der Waals surface area contributed by atoms with Crippen LogP contribution in [0.4, 0.5) is 5.69 Å². The van der Waals surface area contributed by atoms with Crippen molar-refractivity contribution in [1.82, 2.24) is 4.90 Å². The Morgan fingerprint density at radius 2 is 1.68 bits per heavy atom. The Morgan fingerprint density at radius 3 is 2.25 bits per heavy atom. The minimum atomic E-state index is 0.462. The Bertz CT molecular complexity index is 605. The molecule has 0 aromatic heterocycles. The number of benzene rings is 1. The van der Waals surface area contributed by atoms with E-state index in [9.17, 15) is 0 Å². The lowest BCUT2D eigenvalue weighted by Crippen LogP contribution is -2.47. The van der Waals surface area contributed by atoms with E-state index in [1.165, 1.54) is 81.8 Å². The van der Waals surface area contributed by atoms with Gasteiger partial charge in [0.15, 0.2) is 0 Å². The average Bonchev–Trinajstić information content (AvgIpc) is 2.71. The van der Waals surface area contributed by atoms with Crippen LogP contribution in [0.15, 0.2) is 23.1 Å². The van der Waals surface area contributed by atoms with E-state index in [4.69, 9.17) is 0 Å². The van der Waals surface area contributed by atoms with Crippen molar-refractivity contribution < 1.29 is 0 Å². The van der Waals surface area contributed by atoms with Crippen LogP contribution in [-0.2, 0) is 0 Å². The number of unbranched alkanes of at least 4 members (excludes halogenated alkanes) is 1. The van der Waals surface area contributed by atoms with Crippen molar-refractivity contribution in [2.24, 2.45) is 11.3 Å². The summed E-state index contributed by atoms with van der Waals surface area (Å²) >= 11 is 1.89. The van der Waals surface area contributed by atoms with Crippen LogP contribution < -0.4 is 4.90 Å². The van der Waals surface area contributed by atoms with Crippen LogP contribution >= 0.6 is 11.8 Å². The molecule has 0 spiro atoms. The second kappa shape index (κ2) is 9.89. The van der Waals surface area contributed by atoms with Crippen molar-refractivity contribution in [2.45, 2.75) is 77.0 Å². The smallest absolute Gasteiger partial charge is 0.0403 e. The van der Waals surface area contributed by atoms with Gasteiger partial charge in [-0.3, -0.25) is 4.90 Å². The average molecular weight is 403 g/mol. The molecule has 1 saturated carbocycles. The standard InChI is InChI=1S/C25H42N2S/c1-6-7-14-26-15-17-27(18-16-26)24-13-12-22(28-5)19-23(24)20-8-10-21(11-9-20)25(2,3)4/h12-13,19-21H,6-11,14-18H2,1-5H3. The summed E-state index contributed by atoms with van der Waals surface area (Å²) in [5, 5.41) is 0. The third-order valence-electron chi connectivity index (χ3n) is 7.17. The van der Waals surface area contributed by atoms with Gasteiger partial charge in [-0.15, -0.1) is 11.8 Å². The normalized spacial score (nSPS) is 24.5. The van der Waals surface area contributed by atoms with Crippen LogP contribution in [0.1, 0.15) is 77.7 Å². The quantitative estimate of drug-likeness (QED) is 0.492. The SMILES string of the molecule is CCCCN1CCN(c2ccc(SC)cc2C2CCC(C(C)(C)C)CC2)CC1. The third kappa shape index (κ3) is 5.48. The summed E-state index contributed by atoms with van der Waals surface area (Å²) in [4.78, 5) is 6.76. The Kier molecular flexibility index (Phi) is 7.78. The zero-order chi connectivity index (χ0) is 20.1. The van der Waals surface area contributed by atoms with Gasteiger partial charge in [0, 0.05) is 36.8 Å². The van der Waals surface area contributed by atoms with Crippen molar-refractivity contribution in [3.63, 3.8) is 0 Å². The molecule has 3 rings (SSSR count). The molecule has 2 fully saturated rings. The lowest BCUT2D eigenvalue weighted by Gasteiger charge is -2.40. The second-order valence-corrected chi connectivity index (χ2v) is 10.9. The minimum Gasteiger partial charge on any atom is -0.369 e. The second-order valence-electron chi connectivity index (χ2n) is 10.0. The van der Waals surface area contributed by atoms with Crippen LogP contribution in [0.25, 0.3) is 0 Å². The summed E-state index contributed by atoms with van der Waals surface area (Å²) < 4.78 is 0. The highest BCUT2D eigenvalue weighted by Crippen LogP contribution is 2.45. The Balaban J connectivity index is 1.71. The van der Waals surface area contributed by atoms with Gasteiger partial charge in [-0.05, 0) is 85.9 Å². The Hall–Kier alpha value is -0.670. The fourth-order valence-corrected chi connectivity index (χ4v) is 5.59. The predicted octanol–water partition coefficient (Wildman–Crippen LogP) is 6.65. The fraction of sp³-hybridized carbons (Fsp3) is 0.760. The number of nitrogens with zero attached hydrogens (tertiary/aromatic N) is 2. The summed E-state index contributed by atoms with van der Waals surface area (Å²) in [6, 6.07) is 7.29. The van der Waals surface area contributed by atoms with Gasteiger partial charge in [-0.1, -0.05) is 34.1 Å². The van der Waals surface area contributed by atoms with Gasteiger partial charge in [0.2, 0.25) is 0 Å². The maximum Gasteiger partial charge on any atom is 0.0403 e. The van der Waals surface area contributed by atoms with Crippen LogP contribution in [0.3, 0.4) is 0 Å².